The van der Waals surface area contributed by atoms with Crippen LogP contribution in [0.25, 0.3) is 50.5 Å². The van der Waals surface area contributed by atoms with Crippen LogP contribution in [0.2, 0.25) is 0 Å². The molecule has 0 aliphatic carbocycles. The molecular weight excluding hydrogens is 1490 g/mol. The predicted octanol–water partition coefficient (Wildman–Crippen LogP) is 10.6. The quantitative estimate of drug-likeness (QED) is 0.0303. The number of pyridine rings is 3. The number of hydrazine groups is 3. The van der Waals surface area contributed by atoms with Gasteiger partial charge in [-0.2, -0.15) is 0 Å². The topological polar surface area (TPSA) is 365 Å². The van der Waals surface area contributed by atoms with Crippen LogP contribution in [0.4, 0.5) is 0 Å². The van der Waals surface area contributed by atoms with Crippen LogP contribution in [0.3, 0.4) is 0 Å². The van der Waals surface area contributed by atoms with E-state index in [-0.39, 0.29) is 96.9 Å². The monoisotopic (exact) mass is 1600 g/mol. The molecule has 0 radical (unpaired) electrons. The summed E-state index contributed by atoms with van der Waals surface area (Å²) in [7, 11) is 0. The molecule has 11 rings (SSSR count). The van der Waals surface area contributed by atoms with Gasteiger partial charge in [0.05, 0.1) is 17.1 Å². The second-order valence-corrected chi connectivity index (χ2v) is 31.7. The van der Waals surface area contributed by atoms with Gasteiger partial charge in [0, 0.05) is 98.3 Å². The van der Waals surface area contributed by atoms with E-state index in [9.17, 15) is 57.5 Å². The fraction of sp³-hybridized carbons (Fsp3) is 0.472. The molecule has 3 aromatic heterocycles. The third kappa shape index (κ3) is 24.9. The highest BCUT2D eigenvalue weighted by Crippen LogP contribution is 2.30. The first kappa shape index (κ1) is 89.7. The maximum Gasteiger partial charge on any atom is 0.325 e. The Bertz CT molecular complexity index is 4560. The normalized spacial score (nSPS) is 23.6. The number of Topliss-reactive ketones (excluding diaryl/α,β-unsaturated/α-hetero) is 2. The molecule has 7 N–H and O–H groups in total. The minimum Gasteiger partial charge on any atom is -0.457 e. The molecule has 3 saturated heterocycles. The summed E-state index contributed by atoms with van der Waals surface area (Å²) in [6.07, 6.45) is 20.2. The van der Waals surface area contributed by atoms with E-state index >= 15 is 0 Å². The molecule has 1 unspecified atom stereocenters. The Kier molecular flexibility index (Phi) is 32.2. The number of amides is 7. The maximum atomic E-state index is 13.2. The van der Waals surface area contributed by atoms with Crippen molar-refractivity contribution in [2.75, 3.05) is 19.6 Å². The number of rotatable bonds is 14. The summed E-state index contributed by atoms with van der Waals surface area (Å²) < 4.78 is 17.3. The lowest BCUT2D eigenvalue weighted by molar-refractivity contribution is -0.158. The Balaban J connectivity index is 0.000000200. The number of ether oxygens (including phenoxy) is 3. The Labute approximate surface area is 683 Å². The Morgan fingerprint density at radius 3 is 1.68 bits per heavy atom. The highest BCUT2D eigenvalue weighted by Gasteiger charge is 2.38. The summed E-state index contributed by atoms with van der Waals surface area (Å²) in [6, 6.07) is 17.8. The average molecular weight is 1600 g/mol. The first-order valence-corrected chi connectivity index (χ1v) is 40.6. The fourth-order valence-corrected chi connectivity index (χ4v) is 14.3. The third-order valence-corrected chi connectivity index (χ3v) is 21.4. The van der Waals surface area contributed by atoms with E-state index in [2.05, 4.69) is 59.1 Å². The number of esters is 3. The molecule has 3 fully saturated rings. The summed E-state index contributed by atoms with van der Waals surface area (Å²) in [5.74, 6) is -5.35. The van der Waals surface area contributed by atoms with E-state index in [1.54, 1.807) is 81.9 Å². The first-order valence-electron chi connectivity index (χ1n) is 40.6. The summed E-state index contributed by atoms with van der Waals surface area (Å²) in [6.45, 7) is 28.3. The lowest BCUT2D eigenvalue weighted by Crippen LogP contribution is -2.61. The number of nitrogens with zero attached hydrogens (tertiary/aromatic N) is 6. The molecule has 12 atom stereocenters. The van der Waals surface area contributed by atoms with Crippen LogP contribution in [-0.2, 0) is 71.7 Å². The Morgan fingerprint density at radius 2 is 1.14 bits per heavy atom. The molecule has 0 saturated carbocycles. The van der Waals surface area contributed by atoms with Crippen LogP contribution in [0.5, 0.6) is 0 Å². The van der Waals surface area contributed by atoms with Gasteiger partial charge in [0.2, 0.25) is 23.6 Å². The van der Waals surface area contributed by atoms with Crippen molar-refractivity contribution in [2.45, 2.75) is 221 Å². The van der Waals surface area contributed by atoms with Crippen LogP contribution < -0.4 is 37.5 Å². The second kappa shape index (κ2) is 42.1. The second-order valence-electron chi connectivity index (χ2n) is 31.7. The average Bonchev–Trinajstić information content (AvgIpc) is 1.22. The number of cyclic esters (lactones) is 2. The van der Waals surface area contributed by atoms with Crippen LogP contribution >= 0.6 is 0 Å². The third-order valence-electron chi connectivity index (χ3n) is 21.4. The number of aromatic nitrogens is 3. The Hall–Kier alpha value is -11.2. The van der Waals surface area contributed by atoms with Crippen LogP contribution in [0.15, 0.2) is 122 Å². The van der Waals surface area contributed by atoms with Gasteiger partial charge in [-0.25, -0.2) is 16.3 Å². The molecule has 10 bridgehead atoms. The van der Waals surface area contributed by atoms with E-state index in [1.807, 2.05) is 142 Å². The standard InChI is InChI=1S/C32H42N4O5.C29H36N4O5.C28H35N5O5/c1-7-9-11-27(37)18-28(20(3)4)30(38)34-21(5)31(39)36-15-10-12-29(35-36)32(40)41-22(6)23-13-14-24-19-33-26(8-2)17-25(24)16-23;1-17(2)25-15-24(34)8-5-7-23-14-22-13-20(10-11-21(22)16-30-23)19(4)38-29(37)26-9-6-12-33(32-26)28(36)18(3)31-27(25)35;1-16(2)25-26(35)30-17(3)27(36)33-12-6-8-23(32-33)28(37)38-18(4)19-10-11-20-15-29-22(14-21(20)13-19)7-5-9-24(34)31-25/h7-9,13-14,16-17,19-22,28-29,35H,2,10-12,15,18H2,1,3-6H3,(H,34,38);5,7,10-11,13-14,16-19,25-26,32H,6,8-9,12,15H2,1-4H3,(H,31,35);5,7,10-11,13-18,23,25,32H,6,8-9,12H2,1-4H3,(H,30,35)(H,31,34)/b9-7+;7-5+;7-5-/t21-,22+,28-,29-;18-,19+,25-,26-;17-,18?,23-,25-/m000/s1. The maximum absolute atomic E-state index is 13.2. The number of allylic oxidation sites excluding steroid dienone is 3. The minimum atomic E-state index is -0.861. The number of benzene rings is 3. The van der Waals surface area contributed by atoms with Gasteiger partial charge in [0.1, 0.15) is 72.2 Å². The smallest absolute Gasteiger partial charge is 0.325 e. The predicted molar refractivity (Wildman–Crippen MR) is 445 cm³/mol. The Morgan fingerprint density at radius 1 is 0.607 bits per heavy atom. The van der Waals surface area contributed by atoms with E-state index in [4.69, 9.17) is 14.2 Å². The van der Waals surface area contributed by atoms with Crippen molar-refractivity contribution < 1.29 is 71.7 Å². The van der Waals surface area contributed by atoms with Gasteiger partial charge in [-0.3, -0.25) is 87.5 Å². The van der Waals surface area contributed by atoms with E-state index in [0.717, 1.165) is 54.7 Å². The largest absolute Gasteiger partial charge is 0.457 e. The van der Waals surface area contributed by atoms with Gasteiger partial charge in [0.15, 0.2) is 0 Å². The summed E-state index contributed by atoms with van der Waals surface area (Å²) in [5, 5.41) is 20.9. The number of nitrogens with one attached hydrogen (secondary N) is 7. The molecule has 8 heterocycles. The summed E-state index contributed by atoms with van der Waals surface area (Å²) in [5.41, 5.74) is 13.6. The molecular formula is C89H113N13O15. The number of hydrogen-bond acceptors (Lipinski definition) is 21. The molecule has 0 spiro atoms. The molecule has 624 valence electrons. The van der Waals surface area contributed by atoms with Crippen molar-refractivity contribution in [3.63, 3.8) is 0 Å². The molecule has 28 heteroatoms. The van der Waals surface area contributed by atoms with Gasteiger partial charge in [-0.15, -0.1) is 0 Å². The van der Waals surface area contributed by atoms with Crippen molar-refractivity contribution in [3.8, 4) is 0 Å². The lowest BCUT2D eigenvalue weighted by Gasteiger charge is -2.35. The molecule has 7 amide bonds. The SMILES string of the molecule is C=Cc1cc2cc([C@@H](C)OC(=O)[C@@H]3CCCN(C(=O)[C@H](C)NC(=O)[C@@H](CC(=O)C/C=C/C)C(C)C)N3)ccc2cn1.CC(C)[C@@H]1CC(=O)C/C=C/c2cc3cc(ccc3cn2)[C@@H](C)OC(=O)[C@@H]2CCCN(N2)C(=O)[C@H](C)NC1=O.CC1OC(=O)[C@@H]2CCCN(N2)C(=O)[C@H](C)NC(=O)[C@H](C(C)C)NC(=O)C/C=C\c2cc3cc1ccc3cn2. The highest BCUT2D eigenvalue weighted by molar-refractivity contribution is 5.95. The van der Waals surface area contributed by atoms with E-state index in [0.29, 0.717) is 69.5 Å². The van der Waals surface area contributed by atoms with Crippen molar-refractivity contribution in [2.24, 2.45) is 29.6 Å². The molecule has 6 aromatic rings. The number of ketones is 2. The van der Waals surface area contributed by atoms with Crippen molar-refractivity contribution in [3.05, 3.63) is 156 Å². The summed E-state index contributed by atoms with van der Waals surface area (Å²) >= 11 is 0. The van der Waals surface area contributed by atoms with E-state index in [1.165, 1.54) is 15.0 Å². The van der Waals surface area contributed by atoms with E-state index < -0.39 is 96.3 Å². The number of carbonyl (C=O) groups excluding carboxylic acids is 12. The minimum absolute atomic E-state index is 0.0218. The zero-order chi connectivity index (χ0) is 84.9. The number of hydrogen-bond donors (Lipinski definition) is 7. The van der Waals surface area contributed by atoms with Crippen LogP contribution in [-0.4, -0.2) is 163 Å². The van der Waals surface area contributed by atoms with Crippen molar-refractivity contribution in [1.82, 2.24) is 67.5 Å². The lowest BCUT2D eigenvalue weighted by atomic mass is 9.89. The number of carbonyl (C=O) groups is 12. The molecule has 28 nitrogen and oxygen atoms in total. The fourth-order valence-electron chi connectivity index (χ4n) is 14.3. The van der Waals surface area contributed by atoms with Crippen LogP contribution in [0, 0.1) is 29.6 Å². The molecule has 3 aromatic carbocycles. The summed E-state index contributed by atoms with van der Waals surface area (Å²) in [4.78, 5) is 168. The first-order chi connectivity index (χ1) is 55.8. The van der Waals surface area contributed by atoms with Gasteiger partial charge in [-0.05, 0) is 192 Å². The van der Waals surface area contributed by atoms with Gasteiger partial charge < -0.3 is 35.5 Å². The van der Waals surface area contributed by atoms with Crippen molar-refractivity contribution in [1.29, 1.82) is 0 Å². The molecule has 5 aliphatic rings. The zero-order valence-corrected chi connectivity index (χ0v) is 69.3. The molecule has 117 heavy (non-hydrogen) atoms. The van der Waals surface area contributed by atoms with Gasteiger partial charge in [0.25, 0.3) is 17.7 Å². The number of fused-ring (bicyclic) bond motifs is 9. The van der Waals surface area contributed by atoms with Crippen molar-refractivity contribution >= 4 is 121 Å². The van der Waals surface area contributed by atoms with Gasteiger partial charge in [-0.1, -0.05) is 109 Å². The zero-order valence-electron chi connectivity index (χ0n) is 69.3. The van der Waals surface area contributed by atoms with Crippen LogP contribution in [0.1, 0.15) is 213 Å². The van der Waals surface area contributed by atoms with Gasteiger partial charge >= 0.3 is 17.9 Å². The molecule has 5 aliphatic heterocycles. The highest BCUT2D eigenvalue weighted by atomic mass is 16.6.